The largest absolute Gasteiger partial charge is 0.473 e. The number of pyridine rings is 1. The molecular formula is C45H37N5O4S. The van der Waals surface area contributed by atoms with Gasteiger partial charge in [0, 0.05) is 41.5 Å². The molecule has 0 amide bonds. The molecule has 7 aromatic rings. The summed E-state index contributed by atoms with van der Waals surface area (Å²) in [6, 6.07) is 56.8. The molecule has 272 valence electrons. The van der Waals surface area contributed by atoms with Crippen molar-refractivity contribution in [1.29, 1.82) is 0 Å². The molecule has 2 atom stereocenters. The molecule has 9 nitrogen and oxygen atoms in total. The van der Waals surface area contributed by atoms with Crippen LogP contribution in [0, 0.1) is 0 Å². The molecule has 0 saturated carbocycles. The Morgan fingerprint density at radius 1 is 0.545 bits per heavy atom. The fraction of sp³-hybridized carbons (Fsp3) is 0.0889. The summed E-state index contributed by atoms with van der Waals surface area (Å²) in [6.07, 6.45) is 5.34. The molecule has 1 N–H and O–H groups in total. The number of rotatable bonds is 14. The van der Waals surface area contributed by atoms with E-state index in [9.17, 15) is 0 Å². The highest BCUT2D eigenvalue weighted by Gasteiger charge is 2.70. The highest BCUT2D eigenvalue weighted by Crippen LogP contribution is 2.51. The summed E-state index contributed by atoms with van der Waals surface area (Å²) in [5, 5.41) is 3.75. The number of aromatic nitrogens is 3. The van der Waals surface area contributed by atoms with E-state index in [0.29, 0.717) is 35.2 Å². The molecular weight excluding hydrogens is 707 g/mol. The van der Waals surface area contributed by atoms with E-state index in [0.717, 1.165) is 16.0 Å². The predicted octanol–water partition coefficient (Wildman–Crippen LogP) is 9.16. The molecule has 0 aliphatic carbocycles. The minimum absolute atomic E-state index is 0.0523. The van der Waals surface area contributed by atoms with Crippen LogP contribution < -0.4 is 19.5 Å². The van der Waals surface area contributed by atoms with Gasteiger partial charge >= 0.3 is 17.6 Å². The smallest absolute Gasteiger partial charge is 0.418 e. The summed E-state index contributed by atoms with van der Waals surface area (Å²) >= 11 is 1.42. The van der Waals surface area contributed by atoms with Gasteiger partial charge in [-0.3, -0.25) is 0 Å². The molecule has 0 bridgehead atoms. The van der Waals surface area contributed by atoms with Crippen LogP contribution in [0.2, 0.25) is 0 Å². The number of nitrogens with one attached hydrogen (secondary N) is 1. The van der Waals surface area contributed by atoms with Crippen molar-refractivity contribution in [2.45, 2.75) is 29.6 Å². The number of hydrogen-bond acceptors (Lipinski definition) is 10. The average Bonchev–Trinajstić information content (AvgIpc) is 3.25. The third-order valence-electron chi connectivity index (χ3n) is 8.74. The van der Waals surface area contributed by atoms with Crippen molar-refractivity contribution in [2.24, 2.45) is 0 Å². The highest BCUT2D eigenvalue weighted by molar-refractivity contribution is 7.97. The molecule has 10 heteroatoms. The van der Waals surface area contributed by atoms with Crippen LogP contribution in [0.4, 0.5) is 0 Å². The van der Waals surface area contributed by atoms with Gasteiger partial charge in [-0.2, -0.15) is 0 Å². The van der Waals surface area contributed by atoms with E-state index >= 15 is 0 Å². The van der Waals surface area contributed by atoms with E-state index in [2.05, 4.69) is 32.4 Å². The molecule has 1 aliphatic heterocycles. The lowest BCUT2D eigenvalue weighted by Crippen LogP contribution is -2.77. The number of para-hydroxylation sites is 1. The molecule has 0 saturated heterocycles. The fourth-order valence-corrected chi connectivity index (χ4v) is 7.29. The van der Waals surface area contributed by atoms with Crippen molar-refractivity contribution < 1.29 is 18.9 Å². The zero-order valence-electron chi connectivity index (χ0n) is 29.7. The van der Waals surface area contributed by atoms with Gasteiger partial charge in [-0.05, 0) is 59.5 Å². The van der Waals surface area contributed by atoms with E-state index in [1.807, 2.05) is 156 Å². The third kappa shape index (κ3) is 7.81. The molecule has 0 spiro atoms. The maximum Gasteiger partial charge on any atom is 0.418 e. The Balaban J connectivity index is 1.46. The van der Waals surface area contributed by atoms with Gasteiger partial charge in [0.25, 0.3) is 0 Å². The minimum atomic E-state index is -1.97. The number of benzene rings is 5. The molecule has 55 heavy (non-hydrogen) atoms. The third-order valence-corrected chi connectivity index (χ3v) is 9.86. The molecule has 0 radical (unpaired) electrons. The number of nitrogens with zero attached hydrogens (tertiary/aromatic N) is 4. The fourth-order valence-electron chi connectivity index (χ4n) is 6.21. The van der Waals surface area contributed by atoms with E-state index in [4.69, 9.17) is 18.9 Å². The first-order valence-corrected chi connectivity index (χ1v) is 18.6. The lowest BCUT2D eigenvalue weighted by Gasteiger charge is -2.55. The average molecular weight is 744 g/mol. The summed E-state index contributed by atoms with van der Waals surface area (Å²) in [5.41, 5.74) is 1.59. The second kappa shape index (κ2) is 16.5. The van der Waals surface area contributed by atoms with Crippen LogP contribution in [0.15, 0.2) is 211 Å². The first-order valence-electron chi connectivity index (χ1n) is 17.8. The van der Waals surface area contributed by atoms with Gasteiger partial charge in [0.15, 0.2) is 0 Å². The maximum absolute atomic E-state index is 7.35. The monoisotopic (exact) mass is 743 g/mol. The highest BCUT2D eigenvalue weighted by atomic mass is 32.2. The van der Waals surface area contributed by atoms with Gasteiger partial charge in [0.2, 0.25) is 11.8 Å². The Hall–Kier alpha value is -6.78. The van der Waals surface area contributed by atoms with Crippen LogP contribution in [0.3, 0.4) is 0 Å². The van der Waals surface area contributed by atoms with Gasteiger partial charge in [0.05, 0.1) is 5.70 Å². The van der Waals surface area contributed by atoms with Crippen molar-refractivity contribution >= 4 is 11.9 Å². The standard InChI is InChI=1S/C45H37N5O4S/c1-6-19-35(20-7-1)33-40-42(51-34-36-21-8-2-9-22-36)49-44(37-23-10-3-11-24-37,53-41-29-16-17-30-46-41)45(52-38-25-12-4-13-26-38,54-43-47-31-18-32-48-43)50(40)55-39-27-14-5-15-28-39/h1-32,49H,33-34H2. The lowest BCUT2D eigenvalue weighted by molar-refractivity contribution is -0.306. The van der Waals surface area contributed by atoms with Crippen LogP contribution in [-0.2, 0) is 23.5 Å². The summed E-state index contributed by atoms with van der Waals surface area (Å²) in [5.74, 6) is -0.730. The van der Waals surface area contributed by atoms with Gasteiger partial charge in [0.1, 0.15) is 12.4 Å². The molecule has 2 aromatic heterocycles. The van der Waals surface area contributed by atoms with Crippen molar-refractivity contribution in [3.05, 3.63) is 223 Å². The second-order valence-corrected chi connectivity index (χ2v) is 13.5. The summed E-state index contributed by atoms with van der Waals surface area (Å²) < 4.78 is 30.7. The Labute approximate surface area is 324 Å². The molecule has 1 aliphatic rings. The SMILES string of the molecule is c1ccc(COC2=C(Cc3ccccc3)N(Sc3ccccc3)C(Oc3ccccc3)(Oc3ncccn3)C(Oc3ccccn3)(c3ccccc3)N2)cc1. The van der Waals surface area contributed by atoms with Crippen molar-refractivity contribution in [3.63, 3.8) is 0 Å². The van der Waals surface area contributed by atoms with Crippen LogP contribution in [0.1, 0.15) is 16.7 Å². The Bertz CT molecular complexity index is 2230. The molecule has 0 fully saturated rings. The van der Waals surface area contributed by atoms with E-state index in [1.54, 1.807) is 30.7 Å². The van der Waals surface area contributed by atoms with E-state index < -0.39 is 11.6 Å². The van der Waals surface area contributed by atoms with Crippen LogP contribution >= 0.6 is 11.9 Å². The molecule has 3 heterocycles. The predicted molar refractivity (Wildman–Crippen MR) is 211 cm³/mol. The summed E-state index contributed by atoms with van der Waals surface area (Å²) in [6.45, 7) is 0.259. The maximum atomic E-state index is 7.35. The van der Waals surface area contributed by atoms with E-state index in [1.165, 1.54) is 11.9 Å². The van der Waals surface area contributed by atoms with Crippen LogP contribution in [-0.4, -0.2) is 25.2 Å². The Morgan fingerprint density at radius 3 is 1.78 bits per heavy atom. The molecule has 2 unspecified atom stereocenters. The van der Waals surface area contributed by atoms with Gasteiger partial charge < -0.3 is 24.3 Å². The quantitative estimate of drug-likeness (QED) is 0.0859. The van der Waals surface area contributed by atoms with Crippen LogP contribution in [0.5, 0.6) is 17.6 Å². The first-order chi connectivity index (χ1) is 27.2. The van der Waals surface area contributed by atoms with Crippen molar-refractivity contribution in [3.8, 4) is 17.6 Å². The van der Waals surface area contributed by atoms with Gasteiger partial charge in [-0.25, -0.2) is 19.3 Å². The minimum Gasteiger partial charge on any atom is -0.473 e. The van der Waals surface area contributed by atoms with Crippen LogP contribution in [0.25, 0.3) is 0 Å². The number of hydrogen-bond donors (Lipinski definition) is 1. The second-order valence-electron chi connectivity index (χ2n) is 12.5. The van der Waals surface area contributed by atoms with Gasteiger partial charge in [-0.1, -0.05) is 133 Å². The number of ether oxygens (including phenoxy) is 4. The molecule has 8 rings (SSSR count). The van der Waals surface area contributed by atoms with Crippen molar-refractivity contribution in [1.82, 2.24) is 24.6 Å². The topological polar surface area (TPSA) is 90.9 Å². The molecule has 5 aromatic carbocycles. The summed E-state index contributed by atoms with van der Waals surface area (Å²) in [4.78, 5) is 14.7. The summed E-state index contributed by atoms with van der Waals surface area (Å²) in [7, 11) is 0. The van der Waals surface area contributed by atoms with Crippen molar-refractivity contribution in [2.75, 3.05) is 0 Å². The lowest BCUT2D eigenvalue weighted by atomic mass is 9.94. The zero-order chi connectivity index (χ0) is 37.2. The first kappa shape index (κ1) is 35.3. The van der Waals surface area contributed by atoms with E-state index in [-0.39, 0.29) is 12.6 Å². The Morgan fingerprint density at radius 2 is 1.13 bits per heavy atom. The Kier molecular flexibility index (Phi) is 10.6. The normalized spacial score (nSPS) is 17.9. The zero-order valence-corrected chi connectivity index (χ0v) is 30.5. The van der Waals surface area contributed by atoms with Gasteiger partial charge in [-0.15, -0.1) is 0 Å². The number of allylic oxidation sites excluding steroid dienone is 1.